The predicted octanol–water partition coefficient (Wildman–Crippen LogP) is 2.97. The first-order valence-electron chi connectivity index (χ1n) is 7.94. The smallest absolute Gasteiger partial charge is 0.233 e. The molecule has 0 radical (unpaired) electrons. The van der Waals surface area contributed by atoms with Crippen molar-refractivity contribution in [1.29, 1.82) is 0 Å². The average molecular weight is 353 g/mol. The van der Waals surface area contributed by atoms with E-state index in [1.807, 2.05) is 50.2 Å². The van der Waals surface area contributed by atoms with Gasteiger partial charge in [0, 0.05) is 24.5 Å². The highest BCUT2D eigenvalue weighted by atomic mass is 32.2. The van der Waals surface area contributed by atoms with Crippen LogP contribution in [0.2, 0.25) is 0 Å². The maximum atomic E-state index is 12.3. The lowest BCUT2D eigenvalue weighted by molar-refractivity contribution is -0.120. The van der Waals surface area contributed by atoms with Crippen molar-refractivity contribution in [1.82, 2.24) is 25.5 Å². The second-order valence-corrected chi connectivity index (χ2v) is 6.97. The summed E-state index contributed by atoms with van der Waals surface area (Å²) in [6.07, 6.45) is 3.40. The number of hydrogen-bond donors (Lipinski definition) is 2. The number of carbonyl (C=O) groups excluding carboxylic acids is 1. The summed E-state index contributed by atoms with van der Waals surface area (Å²) in [5.74, 6) is 0.623. The molecule has 128 valence electrons. The zero-order valence-electron chi connectivity index (χ0n) is 14.1. The molecule has 0 unspecified atom stereocenters. The second-order valence-electron chi connectivity index (χ2n) is 5.67. The van der Waals surface area contributed by atoms with Crippen LogP contribution in [0.4, 0.5) is 0 Å². The maximum absolute atomic E-state index is 12.3. The molecule has 0 saturated carbocycles. The summed E-state index contributed by atoms with van der Waals surface area (Å²) in [5.41, 5.74) is 3.19. The van der Waals surface area contributed by atoms with E-state index in [1.165, 1.54) is 17.3 Å². The van der Waals surface area contributed by atoms with E-state index in [4.69, 9.17) is 0 Å². The average Bonchev–Trinajstić information content (AvgIpc) is 3.10. The Bertz CT molecular complexity index is 832. The fraction of sp³-hybridized carbons (Fsp3) is 0.222. The van der Waals surface area contributed by atoms with Crippen LogP contribution in [0.25, 0.3) is 11.4 Å². The molecule has 0 saturated heterocycles. The van der Waals surface area contributed by atoms with Crippen LogP contribution in [0.15, 0.2) is 53.9 Å². The number of hydrogen-bond acceptors (Lipinski definition) is 5. The largest absolute Gasteiger partial charge is 0.351 e. The van der Waals surface area contributed by atoms with Crippen LogP contribution < -0.4 is 5.32 Å². The lowest BCUT2D eigenvalue weighted by atomic mass is 10.1. The molecule has 0 bridgehead atoms. The normalized spacial score (nSPS) is 11.9. The number of amides is 1. The maximum Gasteiger partial charge on any atom is 0.233 e. The van der Waals surface area contributed by atoms with Crippen molar-refractivity contribution in [3.8, 4) is 11.4 Å². The van der Waals surface area contributed by atoms with Gasteiger partial charge in [0.2, 0.25) is 11.1 Å². The Morgan fingerprint density at radius 3 is 2.64 bits per heavy atom. The molecule has 3 rings (SSSR count). The standard InChI is InChI=1S/C18H19N5OS/c1-12-3-5-14(6-4-12)11-20-17(24)13(2)25-18-21-16(22-23-18)15-7-9-19-10-8-15/h3-10,13H,11H2,1-2H3,(H,20,24)(H,21,22,23)/t13-/m0/s1. The van der Waals surface area contributed by atoms with Gasteiger partial charge >= 0.3 is 0 Å². The fourth-order valence-corrected chi connectivity index (χ4v) is 2.94. The highest BCUT2D eigenvalue weighted by molar-refractivity contribution is 8.00. The molecule has 0 fully saturated rings. The first-order chi connectivity index (χ1) is 12.1. The van der Waals surface area contributed by atoms with Crippen LogP contribution in [-0.2, 0) is 11.3 Å². The summed E-state index contributed by atoms with van der Waals surface area (Å²) in [5, 5.41) is 10.3. The minimum atomic E-state index is -0.286. The number of thioether (sulfide) groups is 1. The van der Waals surface area contributed by atoms with Gasteiger partial charge in [-0.05, 0) is 31.5 Å². The van der Waals surface area contributed by atoms with Crippen molar-refractivity contribution in [2.45, 2.75) is 30.8 Å². The van der Waals surface area contributed by atoms with Gasteiger partial charge in [-0.25, -0.2) is 4.98 Å². The van der Waals surface area contributed by atoms with Crippen LogP contribution >= 0.6 is 11.8 Å². The summed E-state index contributed by atoms with van der Waals surface area (Å²) in [6, 6.07) is 11.8. The zero-order chi connectivity index (χ0) is 17.6. The van der Waals surface area contributed by atoms with E-state index in [1.54, 1.807) is 12.4 Å². The highest BCUT2D eigenvalue weighted by Gasteiger charge is 2.17. The van der Waals surface area contributed by atoms with Crippen LogP contribution in [0, 0.1) is 6.92 Å². The summed E-state index contributed by atoms with van der Waals surface area (Å²) < 4.78 is 0. The van der Waals surface area contributed by atoms with E-state index < -0.39 is 0 Å². The van der Waals surface area contributed by atoms with Gasteiger partial charge in [0.25, 0.3) is 0 Å². The Labute approximate surface area is 150 Å². The number of aryl methyl sites for hydroxylation is 1. The van der Waals surface area contributed by atoms with Crippen LogP contribution in [0.1, 0.15) is 18.1 Å². The Hall–Kier alpha value is -2.67. The molecule has 2 heterocycles. The van der Waals surface area contributed by atoms with Gasteiger partial charge in [-0.15, -0.1) is 5.10 Å². The molecule has 0 aliphatic rings. The molecule has 0 spiro atoms. The third kappa shape index (κ3) is 4.67. The van der Waals surface area contributed by atoms with E-state index in [2.05, 4.69) is 25.5 Å². The molecule has 3 aromatic rings. The number of nitrogens with zero attached hydrogens (tertiary/aromatic N) is 3. The third-order valence-electron chi connectivity index (χ3n) is 3.66. The van der Waals surface area contributed by atoms with E-state index in [9.17, 15) is 4.79 Å². The Morgan fingerprint density at radius 2 is 1.92 bits per heavy atom. The summed E-state index contributed by atoms with van der Waals surface area (Å²) >= 11 is 1.32. The molecule has 1 aromatic carbocycles. The van der Waals surface area contributed by atoms with Crippen molar-refractivity contribution in [3.05, 3.63) is 59.9 Å². The van der Waals surface area contributed by atoms with Gasteiger partial charge in [-0.1, -0.05) is 41.6 Å². The molecule has 6 nitrogen and oxygen atoms in total. The van der Waals surface area contributed by atoms with Crippen LogP contribution in [0.5, 0.6) is 0 Å². The van der Waals surface area contributed by atoms with Crippen molar-refractivity contribution in [2.75, 3.05) is 0 Å². The summed E-state index contributed by atoms with van der Waals surface area (Å²) in [7, 11) is 0. The highest BCUT2D eigenvalue weighted by Crippen LogP contribution is 2.22. The SMILES string of the molecule is Cc1ccc(CNC(=O)[C@H](C)Sc2n[nH]c(-c3ccncc3)n2)cc1. The lowest BCUT2D eigenvalue weighted by Crippen LogP contribution is -2.30. The molecule has 2 aromatic heterocycles. The molecular weight excluding hydrogens is 334 g/mol. The molecule has 1 amide bonds. The molecule has 0 aliphatic heterocycles. The first-order valence-corrected chi connectivity index (χ1v) is 8.82. The van der Waals surface area contributed by atoms with Crippen LogP contribution in [-0.4, -0.2) is 31.3 Å². The number of benzene rings is 1. The molecule has 2 N–H and O–H groups in total. The Kier molecular flexibility index (Phi) is 5.45. The number of rotatable bonds is 6. The first kappa shape index (κ1) is 17.2. The minimum absolute atomic E-state index is 0.0409. The molecule has 0 aliphatic carbocycles. The van der Waals surface area contributed by atoms with E-state index in [0.29, 0.717) is 17.5 Å². The van der Waals surface area contributed by atoms with Gasteiger partial charge in [0.1, 0.15) is 0 Å². The van der Waals surface area contributed by atoms with Gasteiger partial charge in [-0.3, -0.25) is 14.9 Å². The van der Waals surface area contributed by atoms with E-state index in [-0.39, 0.29) is 11.2 Å². The molecular formula is C18H19N5OS. The minimum Gasteiger partial charge on any atom is -0.351 e. The number of aromatic nitrogens is 4. The summed E-state index contributed by atoms with van der Waals surface area (Å²) in [4.78, 5) is 20.7. The number of H-pyrrole nitrogens is 1. The van der Waals surface area contributed by atoms with Gasteiger partial charge in [0.05, 0.1) is 5.25 Å². The Balaban J connectivity index is 1.54. The molecule has 25 heavy (non-hydrogen) atoms. The van der Waals surface area contributed by atoms with Crippen molar-refractivity contribution in [2.24, 2.45) is 0 Å². The van der Waals surface area contributed by atoms with Gasteiger partial charge in [0.15, 0.2) is 5.82 Å². The van der Waals surface area contributed by atoms with Gasteiger partial charge in [-0.2, -0.15) is 0 Å². The predicted molar refractivity (Wildman–Crippen MR) is 98.0 cm³/mol. The number of pyridine rings is 1. The quantitative estimate of drug-likeness (QED) is 0.666. The number of nitrogens with one attached hydrogen (secondary N) is 2. The lowest BCUT2D eigenvalue weighted by Gasteiger charge is -2.10. The number of aromatic amines is 1. The van der Waals surface area contributed by atoms with Crippen LogP contribution in [0.3, 0.4) is 0 Å². The number of carbonyl (C=O) groups is 1. The van der Waals surface area contributed by atoms with Gasteiger partial charge < -0.3 is 5.32 Å². The zero-order valence-corrected chi connectivity index (χ0v) is 14.9. The monoisotopic (exact) mass is 353 g/mol. The van der Waals surface area contributed by atoms with Crippen molar-refractivity contribution >= 4 is 17.7 Å². The Morgan fingerprint density at radius 1 is 1.20 bits per heavy atom. The molecule has 7 heteroatoms. The van der Waals surface area contributed by atoms with Crippen molar-refractivity contribution < 1.29 is 4.79 Å². The van der Waals surface area contributed by atoms with E-state index >= 15 is 0 Å². The summed E-state index contributed by atoms with van der Waals surface area (Å²) in [6.45, 7) is 4.40. The second kappa shape index (κ2) is 7.94. The third-order valence-corrected chi connectivity index (χ3v) is 4.62. The topological polar surface area (TPSA) is 83.6 Å². The fourth-order valence-electron chi connectivity index (χ4n) is 2.19. The van der Waals surface area contributed by atoms with E-state index in [0.717, 1.165) is 11.1 Å². The molecule has 1 atom stereocenters. The van der Waals surface area contributed by atoms with Crippen molar-refractivity contribution in [3.63, 3.8) is 0 Å².